The lowest BCUT2D eigenvalue weighted by Gasteiger charge is -2.13. The van der Waals surface area contributed by atoms with E-state index < -0.39 is 0 Å². The molecule has 3 heterocycles. The predicted molar refractivity (Wildman–Crippen MR) is 129 cm³/mol. The lowest BCUT2D eigenvalue weighted by atomic mass is 10.1. The first-order chi connectivity index (χ1) is 15.7. The minimum absolute atomic E-state index is 0.0251. The lowest BCUT2D eigenvalue weighted by molar-refractivity contribution is -0.119. The van der Waals surface area contributed by atoms with Crippen molar-refractivity contribution in [1.29, 1.82) is 0 Å². The van der Waals surface area contributed by atoms with Gasteiger partial charge in [-0.2, -0.15) is 0 Å². The molecule has 1 N–H and O–H groups in total. The highest BCUT2D eigenvalue weighted by molar-refractivity contribution is 7.99. The van der Waals surface area contributed by atoms with Gasteiger partial charge in [0.05, 0.1) is 22.9 Å². The molecule has 2 aliphatic rings. The van der Waals surface area contributed by atoms with E-state index in [1.807, 2.05) is 30.3 Å². The van der Waals surface area contributed by atoms with Crippen LogP contribution in [0, 0.1) is 0 Å². The summed E-state index contributed by atoms with van der Waals surface area (Å²) in [6.45, 7) is 1.31. The number of hydrogen-bond donors (Lipinski definition) is 1. The first kappa shape index (κ1) is 21.7. The van der Waals surface area contributed by atoms with E-state index in [-0.39, 0.29) is 23.3 Å². The van der Waals surface area contributed by atoms with Crippen molar-refractivity contribution in [2.45, 2.75) is 56.2 Å². The van der Waals surface area contributed by atoms with Crippen molar-refractivity contribution in [1.82, 2.24) is 14.9 Å². The number of carbonyl (C=O) groups is 1. The zero-order valence-electron chi connectivity index (χ0n) is 18.0. The van der Waals surface area contributed by atoms with Crippen molar-refractivity contribution < 1.29 is 9.53 Å². The topological polar surface area (TPSA) is 73.2 Å². The number of aryl methyl sites for hydroxylation is 2. The number of para-hydroxylation sites is 1. The van der Waals surface area contributed by atoms with Crippen molar-refractivity contribution in [3.8, 4) is 5.69 Å². The van der Waals surface area contributed by atoms with Gasteiger partial charge in [0.15, 0.2) is 5.16 Å². The number of amides is 1. The van der Waals surface area contributed by atoms with Gasteiger partial charge in [-0.25, -0.2) is 4.98 Å². The maximum atomic E-state index is 13.7. The van der Waals surface area contributed by atoms with Crippen molar-refractivity contribution in [3.05, 3.63) is 51.1 Å². The summed E-state index contributed by atoms with van der Waals surface area (Å²) in [6, 6.07) is 9.61. The maximum Gasteiger partial charge on any atom is 0.267 e. The third-order valence-corrected chi connectivity index (χ3v) is 8.23. The maximum absolute atomic E-state index is 13.7. The average molecular weight is 470 g/mol. The fourth-order valence-electron chi connectivity index (χ4n) is 4.48. The van der Waals surface area contributed by atoms with Gasteiger partial charge in [0.25, 0.3) is 5.56 Å². The molecule has 0 radical (unpaired) electrons. The van der Waals surface area contributed by atoms with Crippen LogP contribution in [0.4, 0.5) is 0 Å². The van der Waals surface area contributed by atoms with Crippen LogP contribution in [0.5, 0.6) is 0 Å². The van der Waals surface area contributed by atoms with Gasteiger partial charge in [-0.15, -0.1) is 11.3 Å². The minimum atomic E-state index is -0.0681. The molecule has 3 aromatic rings. The van der Waals surface area contributed by atoms with E-state index in [2.05, 4.69) is 5.32 Å². The number of rotatable bonds is 6. The Kier molecular flexibility index (Phi) is 6.62. The van der Waals surface area contributed by atoms with E-state index in [0.29, 0.717) is 11.7 Å². The van der Waals surface area contributed by atoms with Crippen LogP contribution in [0.1, 0.15) is 42.5 Å². The number of fused-ring (bicyclic) bond motifs is 3. The molecule has 1 aliphatic heterocycles. The fourth-order valence-corrected chi connectivity index (χ4v) is 6.62. The summed E-state index contributed by atoms with van der Waals surface area (Å²) in [5.74, 6) is 0.143. The fraction of sp³-hybridized carbons (Fsp3) is 0.458. The number of hydrogen-bond acceptors (Lipinski definition) is 6. The van der Waals surface area contributed by atoms with Crippen LogP contribution in [0.15, 0.2) is 40.3 Å². The zero-order chi connectivity index (χ0) is 21.9. The van der Waals surface area contributed by atoms with Crippen LogP contribution in [0.2, 0.25) is 0 Å². The molecule has 0 spiro atoms. The van der Waals surface area contributed by atoms with Gasteiger partial charge in [-0.05, 0) is 56.2 Å². The zero-order valence-corrected chi connectivity index (χ0v) is 19.6. The summed E-state index contributed by atoms with van der Waals surface area (Å²) in [4.78, 5) is 33.2. The lowest BCUT2D eigenvalue weighted by Crippen LogP contribution is -2.33. The predicted octanol–water partition coefficient (Wildman–Crippen LogP) is 4.10. The van der Waals surface area contributed by atoms with Crippen LogP contribution in [0.25, 0.3) is 15.9 Å². The smallest absolute Gasteiger partial charge is 0.267 e. The van der Waals surface area contributed by atoms with Crippen LogP contribution in [-0.2, 0) is 22.4 Å². The number of thioether (sulfide) groups is 1. The molecule has 1 unspecified atom stereocenters. The summed E-state index contributed by atoms with van der Waals surface area (Å²) in [5, 5.41) is 4.29. The van der Waals surface area contributed by atoms with E-state index in [4.69, 9.17) is 9.72 Å². The summed E-state index contributed by atoms with van der Waals surface area (Å²) in [5.41, 5.74) is 1.95. The van der Waals surface area contributed by atoms with Gasteiger partial charge in [0, 0.05) is 18.0 Å². The molecule has 2 aromatic heterocycles. The Morgan fingerprint density at radius 3 is 2.84 bits per heavy atom. The van der Waals surface area contributed by atoms with Gasteiger partial charge in [-0.3, -0.25) is 14.2 Å². The van der Waals surface area contributed by atoms with Crippen LogP contribution in [0.3, 0.4) is 0 Å². The summed E-state index contributed by atoms with van der Waals surface area (Å²) in [6.07, 6.45) is 7.61. The molecule has 0 bridgehead atoms. The average Bonchev–Trinajstić information content (AvgIpc) is 3.39. The Labute approximate surface area is 195 Å². The van der Waals surface area contributed by atoms with E-state index in [9.17, 15) is 9.59 Å². The third-order valence-electron chi connectivity index (χ3n) is 6.11. The highest BCUT2D eigenvalue weighted by Crippen LogP contribution is 2.34. The third kappa shape index (κ3) is 4.49. The molecule has 1 atom stereocenters. The Morgan fingerprint density at radius 2 is 2.03 bits per heavy atom. The standard InChI is InChI=1S/C24H27N3O3S2/c28-20(25-14-17-10-7-13-30-17)15-31-24-26-22-21(18-11-5-2-6-12-19(18)32-22)23(29)27(24)16-8-3-1-4-9-16/h1,3-4,8-9,17H,2,5-7,10-15H2,(H,25,28). The molecule has 1 saturated heterocycles. The Hall–Kier alpha value is -2.16. The summed E-state index contributed by atoms with van der Waals surface area (Å²) >= 11 is 2.97. The molecule has 1 aromatic carbocycles. The van der Waals surface area contributed by atoms with E-state index in [1.165, 1.54) is 35.0 Å². The van der Waals surface area contributed by atoms with Gasteiger partial charge >= 0.3 is 0 Å². The molecule has 8 heteroatoms. The van der Waals surface area contributed by atoms with Gasteiger partial charge < -0.3 is 10.1 Å². The number of nitrogens with one attached hydrogen (secondary N) is 1. The normalized spacial score (nSPS) is 18.4. The Morgan fingerprint density at radius 1 is 1.19 bits per heavy atom. The second kappa shape index (κ2) is 9.77. The molecule has 32 heavy (non-hydrogen) atoms. The first-order valence-corrected chi connectivity index (χ1v) is 13.1. The van der Waals surface area contributed by atoms with Crippen molar-refractivity contribution in [2.24, 2.45) is 0 Å². The van der Waals surface area contributed by atoms with Gasteiger partial charge in [-0.1, -0.05) is 36.4 Å². The number of benzene rings is 1. The molecule has 6 nitrogen and oxygen atoms in total. The van der Waals surface area contributed by atoms with Crippen LogP contribution in [-0.4, -0.2) is 40.5 Å². The molecular formula is C24H27N3O3S2. The molecule has 1 amide bonds. The summed E-state index contributed by atoms with van der Waals surface area (Å²) in [7, 11) is 0. The SMILES string of the molecule is O=C(CSc1nc2sc3c(c2c(=O)n1-c1ccccc1)CCCCC3)NCC1CCCO1. The molecule has 0 saturated carbocycles. The van der Waals surface area contributed by atoms with Crippen molar-refractivity contribution >= 4 is 39.2 Å². The first-order valence-electron chi connectivity index (χ1n) is 11.3. The highest BCUT2D eigenvalue weighted by atomic mass is 32.2. The molecule has 5 rings (SSSR count). The number of thiophene rings is 1. The molecule has 168 valence electrons. The number of nitrogens with zero attached hydrogens (tertiary/aromatic N) is 2. The van der Waals surface area contributed by atoms with Crippen molar-refractivity contribution in [2.75, 3.05) is 18.9 Å². The monoisotopic (exact) mass is 469 g/mol. The van der Waals surface area contributed by atoms with E-state index in [1.54, 1.807) is 15.9 Å². The van der Waals surface area contributed by atoms with Crippen LogP contribution < -0.4 is 10.9 Å². The largest absolute Gasteiger partial charge is 0.376 e. The molecule has 1 fully saturated rings. The number of aromatic nitrogens is 2. The Bertz CT molecular complexity index is 1170. The minimum Gasteiger partial charge on any atom is -0.376 e. The Balaban J connectivity index is 1.47. The molecular weight excluding hydrogens is 442 g/mol. The van der Waals surface area contributed by atoms with Gasteiger partial charge in [0.1, 0.15) is 4.83 Å². The van der Waals surface area contributed by atoms with E-state index in [0.717, 1.165) is 54.6 Å². The second-order valence-corrected chi connectivity index (χ2v) is 10.4. The van der Waals surface area contributed by atoms with Crippen LogP contribution >= 0.6 is 23.1 Å². The quantitative estimate of drug-likeness (QED) is 0.334. The number of ether oxygens (including phenoxy) is 1. The molecule has 1 aliphatic carbocycles. The van der Waals surface area contributed by atoms with Gasteiger partial charge in [0.2, 0.25) is 5.91 Å². The van der Waals surface area contributed by atoms with E-state index >= 15 is 0 Å². The highest BCUT2D eigenvalue weighted by Gasteiger charge is 2.23. The number of carbonyl (C=O) groups excluding carboxylic acids is 1. The van der Waals surface area contributed by atoms with Crippen molar-refractivity contribution in [3.63, 3.8) is 0 Å². The summed E-state index contributed by atoms with van der Waals surface area (Å²) < 4.78 is 7.26. The second-order valence-electron chi connectivity index (χ2n) is 8.34.